The Morgan fingerprint density at radius 1 is 1.11 bits per heavy atom. The van der Waals surface area contributed by atoms with Crippen LogP contribution in [0.5, 0.6) is 0 Å². The van der Waals surface area contributed by atoms with E-state index in [9.17, 15) is 13.2 Å². The first-order valence-corrected chi connectivity index (χ1v) is 11.0. The summed E-state index contributed by atoms with van der Waals surface area (Å²) in [5.74, 6) is -0.121. The van der Waals surface area contributed by atoms with Crippen molar-refractivity contribution in [3.05, 3.63) is 59.8 Å². The van der Waals surface area contributed by atoms with E-state index in [1.54, 1.807) is 17.0 Å². The third kappa shape index (κ3) is 3.93. The van der Waals surface area contributed by atoms with Crippen molar-refractivity contribution < 1.29 is 13.2 Å². The van der Waals surface area contributed by atoms with Gasteiger partial charge in [0.2, 0.25) is 0 Å². The second-order valence-corrected chi connectivity index (χ2v) is 9.18. The number of benzene rings is 2. The number of hydrogen-bond donors (Lipinski definition) is 1. The average molecular weight is 398 g/mol. The smallest absolute Gasteiger partial charge is 0.253 e. The van der Waals surface area contributed by atoms with Crippen LogP contribution >= 0.6 is 0 Å². The van der Waals surface area contributed by atoms with Crippen molar-refractivity contribution in [1.29, 1.82) is 0 Å². The Balaban J connectivity index is 1.39. The van der Waals surface area contributed by atoms with E-state index in [-0.39, 0.29) is 10.8 Å². The number of carbonyl (C=O) groups is 1. The molecule has 0 unspecified atom stereocenters. The lowest BCUT2D eigenvalue weighted by atomic mass is 10.1. The zero-order chi connectivity index (χ0) is 19.7. The number of rotatable bonds is 4. The van der Waals surface area contributed by atoms with E-state index in [4.69, 9.17) is 0 Å². The zero-order valence-corrected chi connectivity index (χ0v) is 16.4. The summed E-state index contributed by atoms with van der Waals surface area (Å²) in [5, 5.41) is 8.13. The van der Waals surface area contributed by atoms with Crippen LogP contribution in [0.25, 0.3) is 10.9 Å². The molecule has 1 amide bonds. The molecule has 0 aliphatic carbocycles. The van der Waals surface area contributed by atoms with E-state index in [2.05, 4.69) is 33.3 Å². The highest BCUT2D eigenvalue weighted by molar-refractivity contribution is 7.90. The van der Waals surface area contributed by atoms with Gasteiger partial charge in [-0.25, -0.2) is 8.42 Å². The van der Waals surface area contributed by atoms with E-state index in [1.165, 1.54) is 17.7 Å². The van der Waals surface area contributed by atoms with E-state index < -0.39 is 9.84 Å². The Hall–Kier alpha value is -2.71. The molecule has 1 fully saturated rings. The number of hydrogen-bond acceptors (Lipinski definition) is 5. The highest BCUT2D eigenvalue weighted by Gasteiger charge is 2.23. The van der Waals surface area contributed by atoms with Gasteiger partial charge < -0.3 is 4.90 Å². The minimum atomic E-state index is -3.33. The molecule has 0 saturated carbocycles. The summed E-state index contributed by atoms with van der Waals surface area (Å²) >= 11 is 0. The summed E-state index contributed by atoms with van der Waals surface area (Å²) in [4.78, 5) is 17.0. The lowest BCUT2D eigenvalue weighted by molar-refractivity contribution is 0.0628. The number of aromatic nitrogens is 2. The van der Waals surface area contributed by atoms with Crippen molar-refractivity contribution in [2.24, 2.45) is 0 Å². The van der Waals surface area contributed by atoms with Crippen LogP contribution in [0.4, 0.5) is 0 Å². The number of carbonyl (C=O) groups excluding carboxylic acids is 1. The quantitative estimate of drug-likeness (QED) is 0.726. The maximum Gasteiger partial charge on any atom is 0.253 e. The number of nitrogens with zero attached hydrogens (tertiary/aromatic N) is 3. The first-order chi connectivity index (χ1) is 13.4. The standard InChI is InChI=1S/C20H22N4O3S/c1-28(26,27)18-4-2-3-16(12-18)20(25)24-9-7-23(8-10-24)14-15-5-6-17-13-21-22-19(17)11-15/h2-6,11-13H,7-10,14H2,1H3,(H,21,22). The minimum absolute atomic E-state index is 0.121. The van der Waals surface area contributed by atoms with Crippen molar-refractivity contribution in [2.75, 3.05) is 32.4 Å². The molecule has 0 bridgehead atoms. The highest BCUT2D eigenvalue weighted by Crippen LogP contribution is 2.17. The Morgan fingerprint density at radius 3 is 2.64 bits per heavy atom. The van der Waals surface area contributed by atoms with Gasteiger partial charge in [-0.1, -0.05) is 18.2 Å². The van der Waals surface area contributed by atoms with Gasteiger partial charge >= 0.3 is 0 Å². The lowest BCUT2D eigenvalue weighted by Gasteiger charge is -2.34. The number of sulfone groups is 1. The normalized spacial score (nSPS) is 15.8. The molecule has 2 heterocycles. The van der Waals surface area contributed by atoms with Crippen LogP contribution in [0.2, 0.25) is 0 Å². The summed E-state index contributed by atoms with van der Waals surface area (Å²) in [7, 11) is -3.33. The van der Waals surface area contributed by atoms with Gasteiger partial charge in [0, 0.05) is 49.9 Å². The fourth-order valence-electron chi connectivity index (χ4n) is 3.49. The van der Waals surface area contributed by atoms with E-state index in [1.807, 2.05) is 6.20 Å². The van der Waals surface area contributed by atoms with Crippen molar-refractivity contribution in [2.45, 2.75) is 11.4 Å². The van der Waals surface area contributed by atoms with Gasteiger partial charge in [0.25, 0.3) is 5.91 Å². The average Bonchev–Trinajstić information content (AvgIpc) is 3.15. The molecule has 1 aliphatic rings. The second-order valence-electron chi connectivity index (χ2n) is 7.16. The van der Waals surface area contributed by atoms with Crippen LogP contribution in [0.3, 0.4) is 0 Å². The molecular formula is C20H22N4O3S. The molecule has 28 heavy (non-hydrogen) atoms. The first kappa shape index (κ1) is 18.6. The van der Waals surface area contributed by atoms with Crippen LogP contribution in [0.15, 0.2) is 53.6 Å². The fraction of sp³-hybridized carbons (Fsp3) is 0.300. The topological polar surface area (TPSA) is 86.4 Å². The van der Waals surface area contributed by atoms with Crippen LogP contribution < -0.4 is 0 Å². The van der Waals surface area contributed by atoms with E-state index in [0.717, 1.165) is 36.8 Å². The van der Waals surface area contributed by atoms with Gasteiger partial charge in [-0.3, -0.25) is 14.8 Å². The Kier molecular flexibility index (Phi) is 4.91. The number of fused-ring (bicyclic) bond motifs is 1. The van der Waals surface area contributed by atoms with Gasteiger partial charge in [0.15, 0.2) is 9.84 Å². The number of H-pyrrole nitrogens is 1. The Morgan fingerprint density at radius 2 is 1.89 bits per heavy atom. The fourth-order valence-corrected chi connectivity index (χ4v) is 4.16. The summed E-state index contributed by atoms with van der Waals surface area (Å²) in [5.41, 5.74) is 2.65. The molecule has 2 aromatic carbocycles. The van der Waals surface area contributed by atoms with Crippen LogP contribution in [-0.4, -0.2) is 66.8 Å². The summed E-state index contributed by atoms with van der Waals surface area (Å²) in [6, 6.07) is 12.5. The third-order valence-corrected chi connectivity index (χ3v) is 6.19. The molecule has 0 spiro atoms. The van der Waals surface area contributed by atoms with Gasteiger partial charge in [-0.2, -0.15) is 5.10 Å². The maximum absolute atomic E-state index is 12.8. The number of nitrogens with one attached hydrogen (secondary N) is 1. The van der Waals surface area contributed by atoms with E-state index >= 15 is 0 Å². The molecule has 146 valence electrons. The van der Waals surface area contributed by atoms with Crippen molar-refractivity contribution in [3.63, 3.8) is 0 Å². The second kappa shape index (κ2) is 7.37. The zero-order valence-electron chi connectivity index (χ0n) is 15.6. The SMILES string of the molecule is CS(=O)(=O)c1cccc(C(=O)N2CCN(Cc3ccc4cn[nH]c4c3)CC2)c1. The first-order valence-electron chi connectivity index (χ1n) is 9.14. The highest BCUT2D eigenvalue weighted by atomic mass is 32.2. The molecule has 3 aromatic rings. The van der Waals surface area contributed by atoms with Crippen molar-refractivity contribution in [1.82, 2.24) is 20.0 Å². The summed E-state index contributed by atoms with van der Waals surface area (Å²) < 4.78 is 23.5. The number of piperazine rings is 1. The molecule has 7 nitrogen and oxygen atoms in total. The Labute approximate surface area is 163 Å². The van der Waals surface area contributed by atoms with Gasteiger partial charge in [-0.15, -0.1) is 0 Å². The van der Waals surface area contributed by atoms with Crippen LogP contribution in [0, 0.1) is 0 Å². The predicted molar refractivity (Wildman–Crippen MR) is 107 cm³/mol. The molecular weight excluding hydrogens is 376 g/mol. The third-order valence-electron chi connectivity index (χ3n) is 5.08. The van der Waals surface area contributed by atoms with E-state index in [0.29, 0.717) is 18.7 Å². The number of aromatic amines is 1. The van der Waals surface area contributed by atoms with Gasteiger partial charge in [0.1, 0.15) is 0 Å². The maximum atomic E-state index is 12.8. The van der Waals surface area contributed by atoms with Gasteiger partial charge in [0.05, 0.1) is 16.6 Å². The minimum Gasteiger partial charge on any atom is -0.336 e. The lowest BCUT2D eigenvalue weighted by Crippen LogP contribution is -2.48. The van der Waals surface area contributed by atoms with Gasteiger partial charge in [-0.05, 0) is 29.8 Å². The van der Waals surface area contributed by atoms with Crippen LogP contribution in [0.1, 0.15) is 15.9 Å². The molecule has 1 saturated heterocycles. The number of amides is 1. The molecule has 8 heteroatoms. The van der Waals surface area contributed by atoms with Crippen molar-refractivity contribution >= 4 is 26.6 Å². The van der Waals surface area contributed by atoms with Crippen molar-refractivity contribution in [3.8, 4) is 0 Å². The summed E-state index contributed by atoms with van der Waals surface area (Å²) in [6.07, 6.45) is 2.96. The Bertz CT molecular complexity index is 1120. The predicted octanol–water partition coefficient (Wildman–Crippen LogP) is 1.92. The summed E-state index contributed by atoms with van der Waals surface area (Å²) in [6.45, 7) is 3.61. The molecule has 4 rings (SSSR count). The monoisotopic (exact) mass is 398 g/mol. The molecule has 0 atom stereocenters. The molecule has 1 aliphatic heterocycles. The molecule has 0 radical (unpaired) electrons. The molecule has 1 aromatic heterocycles. The molecule has 1 N–H and O–H groups in total. The largest absolute Gasteiger partial charge is 0.336 e. The van der Waals surface area contributed by atoms with Crippen LogP contribution in [-0.2, 0) is 16.4 Å².